The van der Waals surface area contributed by atoms with E-state index in [0.717, 1.165) is 36.3 Å². The molecule has 1 aromatic rings. The maximum Gasteiger partial charge on any atom is 0.142 e. The van der Waals surface area contributed by atoms with Crippen molar-refractivity contribution < 1.29 is 4.74 Å². The number of hydrogen-bond acceptors (Lipinski definition) is 2. The summed E-state index contributed by atoms with van der Waals surface area (Å²) in [6.45, 7) is 7.67. The van der Waals surface area contributed by atoms with Crippen LogP contribution in [0.3, 0.4) is 0 Å². The summed E-state index contributed by atoms with van der Waals surface area (Å²) in [7, 11) is 0. The zero-order chi connectivity index (χ0) is 13.7. The van der Waals surface area contributed by atoms with Gasteiger partial charge in [-0.25, -0.2) is 0 Å². The Morgan fingerprint density at radius 3 is 2.79 bits per heavy atom. The molecule has 0 heterocycles. The van der Waals surface area contributed by atoms with Crippen LogP contribution in [0.5, 0.6) is 5.75 Å². The Bertz CT molecular complexity index is 391. The molecule has 0 spiro atoms. The molecule has 1 fully saturated rings. The SMILES string of the molecule is CCCOc1ccccc1NC1CCCC(C)C1C. The Balaban J connectivity index is 2.05. The van der Waals surface area contributed by atoms with Gasteiger partial charge in [-0.2, -0.15) is 0 Å². The standard InChI is InChI=1S/C17H27NO/c1-4-12-19-17-11-6-5-9-16(17)18-15-10-7-8-13(2)14(15)3/h5-6,9,11,13-15,18H,4,7-8,10,12H2,1-3H3. The summed E-state index contributed by atoms with van der Waals surface area (Å²) in [4.78, 5) is 0. The van der Waals surface area contributed by atoms with Gasteiger partial charge in [0.05, 0.1) is 12.3 Å². The van der Waals surface area contributed by atoms with Gasteiger partial charge in [0, 0.05) is 6.04 Å². The maximum absolute atomic E-state index is 5.83. The van der Waals surface area contributed by atoms with Crippen molar-refractivity contribution in [3.8, 4) is 5.75 Å². The molecule has 2 nitrogen and oxygen atoms in total. The molecular formula is C17H27NO. The molecule has 3 unspecified atom stereocenters. The molecule has 1 saturated carbocycles. The highest BCUT2D eigenvalue weighted by molar-refractivity contribution is 5.56. The van der Waals surface area contributed by atoms with Crippen LogP contribution in [0.4, 0.5) is 5.69 Å². The number of anilines is 1. The van der Waals surface area contributed by atoms with Gasteiger partial charge in [-0.1, -0.05) is 45.7 Å². The van der Waals surface area contributed by atoms with Gasteiger partial charge in [-0.05, 0) is 36.8 Å². The van der Waals surface area contributed by atoms with Crippen LogP contribution >= 0.6 is 0 Å². The van der Waals surface area contributed by atoms with E-state index in [-0.39, 0.29) is 0 Å². The van der Waals surface area contributed by atoms with Gasteiger partial charge in [0.25, 0.3) is 0 Å². The quantitative estimate of drug-likeness (QED) is 0.828. The van der Waals surface area contributed by atoms with Crippen molar-refractivity contribution in [2.75, 3.05) is 11.9 Å². The number of nitrogens with one attached hydrogen (secondary N) is 1. The van der Waals surface area contributed by atoms with Gasteiger partial charge >= 0.3 is 0 Å². The molecule has 3 atom stereocenters. The number of rotatable bonds is 5. The van der Waals surface area contributed by atoms with Crippen LogP contribution in [0, 0.1) is 11.8 Å². The van der Waals surface area contributed by atoms with Crippen molar-refractivity contribution in [2.45, 2.75) is 52.5 Å². The molecule has 0 radical (unpaired) electrons. The fraction of sp³-hybridized carbons (Fsp3) is 0.647. The van der Waals surface area contributed by atoms with Crippen LogP contribution < -0.4 is 10.1 Å². The minimum Gasteiger partial charge on any atom is -0.491 e. The van der Waals surface area contributed by atoms with E-state index in [0.29, 0.717) is 6.04 Å². The summed E-state index contributed by atoms with van der Waals surface area (Å²) >= 11 is 0. The Labute approximate surface area is 117 Å². The smallest absolute Gasteiger partial charge is 0.142 e. The molecule has 1 N–H and O–H groups in total. The monoisotopic (exact) mass is 261 g/mol. The Morgan fingerprint density at radius 2 is 2.00 bits per heavy atom. The van der Waals surface area contributed by atoms with Crippen LogP contribution in [0.25, 0.3) is 0 Å². The highest BCUT2D eigenvalue weighted by Gasteiger charge is 2.27. The lowest BCUT2D eigenvalue weighted by atomic mass is 9.78. The van der Waals surface area contributed by atoms with Crippen molar-refractivity contribution in [2.24, 2.45) is 11.8 Å². The molecule has 106 valence electrons. The lowest BCUT2D eigenvalue weighted by Gasteiger charge is -2.35. The lowest BCUT2D eigenvalue weighted by Crippen LogP contribution is -2.35. The van der Waals surface area contributed by atoms with Gasteiger partial charge in [0.2, 0.25) is 0 Å². The molecule has 0 amide bonds. The first-order valence-corrected chi connectivity index (χ1v) is 7.70. The number of benzene rings is 1. The maximum atomic E-state index is 5.83. The summed E-state index contributed by atoms with van der Waals surface area (Å²) in [6.07, 6.45) is 5.02. The average Bonchev–Trinajstić information content (AvgIpc) is 2.43. The second kappa shape index (κ2) is 6.83. The van der Waals surface area contributed by atoms with Crippen molar-refractivity contribution in [1.82, 2.24) is 0 Å². The topological polar surface area (TPSA) is 21.3 Å². The van der Waals surface area contributed by atoms with E-state index < -0.39 is 0 Å². The second-order valence-electron chi connectivity index (χ2n) is 5.86. The fourth-order valence-electron chi connectivity index (χ4n) is 2.91. The molecule has 1 aliphatic carbocycles. The zero-order valence-corrected chi connectivity index (χ0v) is 12.5. The van der Waals surface area contributed by atoms with Crippen molar-refractivity contribution in [1.29, 1.82) is 0 Å². The molecule has 2 heteroatoms. The Morgan fingerprint density at radius 1 is 1.21 bits per heavy atom. The number of ether oxygens (including phenoxy) is 1. The molecule has 1 aliphatic rings. The van der Waals surface area contributed by atoms with Crippen LogP contribution in [0.2, 0.25) is 0 Å². The van der Waals surface area contributed by atoms with E-state index >= 15 is 0 Å². The number of hydrogen-bond donors (Lipinski definition) is 1. The highest BCUT2D eigenvalue weighted by Crippen LogP contribution is 2.33. The summed E-state index contributed by atoms with van der Waals surface area (Å²) < 4.78 is 5.83. The summed E-state index contributed by atoms with van der Waals surface area (Å²) in [5, 5.41) is 3.71. The molecule has 0 bridgehead atoms. The molecule has 2 rings (SSSR count). The third-order valence-electron chi connectivity index (χ3n) is 4.40. The number of para-hydroxylation sites is 2. The second-order valence-corrected chi connectivity index (χ2v) is 5.86. The molecule has 1 aromatic carbocycles. The summed E-state index contributed by atoms with van der Waals surface area (Å²) in [6, 6.07) is 8.91. The van der Waals surface area contributed by atoms with Gasteiger partial charge in [0.1, 0.15) is 5.75 Å². The third-order valence-corrected chi connectivity index (χ3v) is 4.40. The van der Waals surface area contributed by atoms with E-state index in [1.54, 1.807) is 0 Å². The summed E-state index contributed by atoms with van der Waals surface area (Å²) in [5.74, 6) is 2.54. The normalized spacial score (nSPS) is 27.0. The van der Waals surface area contributed by atoms with Crippen LogP contribution in [0.15, 0.2) is 24.3 Å². The lowest BCUT2D eigenvalue weighted by molar-refractivity contribution is 0.252. The van der Waals surface area contributed by atoms with Gasteiger partial charge in [0.15, 0.2) is 0 Å². The van der Waals surface area contributed by atoms with Crippen LogP contribution in [-0.4, -0.2) is 12.6 Å². The van der Waals surface area contributed by atoms with E-state index in [4.69, 9.17) is 4.74 Å². The van der Waals surface area contributed by atoms with Gasteiger partial charge in [-0.15, -0.1) is 0 Å². The Kier molecular flexibility index (Phi) is 5.12. The van der Waals surface area contributed by atoms with E-state index in [1.165, 1.54) is 19.3 Å². The van der Waals surface area contributed by atoms with Crippen molar-refractivity contribution >= 4 is 5.69 Å². The van der Waals surface area contributed by atoms with Gasteiger partial charge in [-0.3, -0.25) is 0 Å². The Hall–Kier alpha value is -1.18. The van der Waals surface area contributed by atoms with Gasteiger partial charge < -0.3 is 10.1 Å². The van der Waals surface area contributed by atoms with Crippen LogP contribution in [0.1, 0.15) is 46.5 Å². The van der Waals surface area contributed by atoms with E-state index in [9.17, 15) is 0 Å². The largest absolute Gasteiger partial charge is 0.491 e. The first kappa shape index (κ1) is 14.2. The van der Waals surface area contributed by atoms with Crippen LogP contribution in [-0.2, 0) is 0 Å². The molecular weight excluding hydrogens is 234 g/mol. The first-order valence-electron chi connectivity index (χ1n) is 7.70. The molecule has 0 saturated heterocycles. The third kappa shape index (κ3) is 3.65. The predicted molar refractivity (Wildman–Crippen MR) is 81.8 cm³/mol. The predicted octanol–water partition coefficient (Wildman–Crippen LogP) is 4.71. The van der Waals surface area contributed by atoms with Crippen molar-refractivity contribution in [3.63, 3.8) is 0 Å². The molecule has 0 aliphatic heterocycles. The fourth-order valence-corrected chi connectivity index (χ4v) is 2.91. The minimum atomic E-state index is 0.579. The molecule has 19 heavy (non-hydrogen) atoms. The van der Waals surface area contributed by atoms with E-state index in [2.05, 4.69) is 44.3 Å². The average molecular weight is 261 g/mol. The minimum absolute atomic E-state index is 0.579. The van der Waals surface area contributed by atoms with Crippen molar-refractivity contribution in [3.05, 3.63) is 24.3 Å². The highest BCUT2D eigenvalue weighted by atomic mass is 16.5. The molecule has 0 aromatic heterocycles. The first-order chi connectivity index (χ1) is 9.22. The van der Waals surface area contributed by atoms with E-state index in [1.807, 2.05) is 6.07 Å². The zero-order valence-electron chi connectivity index (χ0n) is 12.5. The summed E-state index contributed by atoms with van der Waals surface area (Å²) in [5.41, 5.74) is 1.15.